The number of aromatic nitrogens is 1. The van der Waals surface area contributed by atoms with Gasteiger partial charge in [-0.15, -0.1) is 0 Å². The van der Waals surface area contributed by atoms with Gasteiger partial charge in [0.05, 0.1) is 12.2 Å². The third-order valence-corrected chi connectivity index (χ3v) is 5.44. The standard InChI is InChI=1S/C24H38N6O2/c1-6-19(7-2)22-16-21(32-28-22)17-26-24(27-18-23(31)29(3)4)25-14-11-15-30(5)20-12-9-8-10-13-20/h8-10,12-13,16,19H,6-7,11,14-15,17-18H2,1-5H3,(H2,25,26,27). The van der Waals surface area contributed by atoms with Gasteiger partial charge >= 0.3 is 0 Å². The first-order chi connectivity index (χ1) is 15.4. The first-order valence-electron chi connectivity index (χ1n) is 11.4. The van der Waals surface area contributed by atoms with Crippen molar-refractivity contribution in [1.82, 2.24) is 20.7 Å². The number of rotatable bonds is 12. The number of benzene rings is 1. The third kappa shape index (κ3) is 8.24. The van der Waals surface area contributed by atoms with Gasteiger partial charge in [-0.25, -0.2) is 4.99 Å². The molecule has 2 aromatic rings. The molecule has 0 aliphatic heterocycles. The molecule has 32 heavy (non-hydrogen) atoms. The quantitative estimate of drug-likeness (QED) is 0.298. The second-order valence-corrected chi connectivity index (χ2v) is 8.08. The molecule has 0 atom stereocenters. The van der Waals surface area contributed by atoms with Crippen molar-refractivity contribution in [2.45, 2.75) is 45.6 Å². The molecule has 0 spiro atoms. The van der Waals surface area contributed by atoms with Gasteiger partial charge in [0.1, 0.15) is 6.54 Å². The van der Waals surface area contributed by atoms with Gasteiger partial charge in [0.2, 0.25) is 5.91 Å². The zero-order valence-corrected chi connectivity index (χ0v) is 20.1. The normalized spacial score (nSPS) is 11.5. The number of carbonyl (C=O) groups is 1. The van der Waals surface area contributed by atoms with Gasteiger partial charge in [-0.05, 0) is 31.4 Å². The van der Waals surface area contributed by atoms with Crippen LogP contribution in [0.15, 0.2) is 45.9 Å². The Morgan fingerprint density at radius 1 is 1.12 bits per heavy atom. The van der Waals surface area contributed by atoms with Gasteiger partial charge in [0, 0.05) is 51.9 Å². The lowest BCUT2D eigenvalue weighted by molar-refractivity contribution is -0.127. The van der Waals surface area contributed by atoms with Crippen molar-refractivity contribution in [2.75, 3.05) is 45.7 Å². The van der Waals surface area contributed by atoms with Crippen molar-refractivity contribution in [1.29, 1.82) is 0 Å². The molecule has 0 saturated carbocycles. The summed E-state index contributed by atoms with van der Waals surface area (Å²) in [6.45, 7) is 6.50. The van der Waals surface area contributed by atoms with E-state index in [0.29, 0.717) is 18.4 Å². The maximum absolute atomic E-state index is 12.0. The van der Waals surface area contributed by atoms with Gasteiger partial charge in [0.25, 0.3) is 0 Å². The summed E-state index contributed by atoms with van der Waals surface area (Å²) in [5.41, 5.74) is 2.18. The minimum absolute atomic E-state index is 0.0504. The minimum Gasteiger partial charge on any atom is -0.375 e. The van der Waals surface area contributed by atoms with E-state index in [1.54, 1.807) is 14.1 Å². The number of guanidine groups is 1. The number of hydrogen-bond acceptors (Lipinski definition) is 5. The molecule has 0 aliphatic carbocycles. The maximum Gasteiger partial charge on any atom is 0.243 e. The van der Waals surface area contributed by atoms with Gasteiger partial charge in [-0.2, -0.15) is 0 Å². The van der Waals surface area contributed by atoms with E-state index < -0.39 is 0 Å². The Kier molecular flexibility index (Phi) is 10.6. The summed E-state index contributed by atoms with van der Waals surface area (Å²) in [7, 11) is 5.54. The van der Waals surface area contributed by atoms with Crippen LogP contribution in [0.1, 0.15) is 50.5 Å². The Bertz CT molecular complexity index is 830. The molecular formula is C24H38N6O2. The van der Waals surface area contributed by atoms with Crippen molar-refractivity contribution in [3.8, 4) is 0 Å². The molecule has 0 bridgehead atoms. The number of likely N-dealkylation sites (N-methyl/N-ethyl adjacent to an activating group) is 1. The largest absolute Gasteiger partial charge is 0.375 e. The molecule has 8 heteroatoms. The fraction of sp³-hybridized carbons (Fsp3) is 0.542. The first kappa shape index (κ1) is 25.2. The molecule has 8 nitrogen and oxygen atoms in total. The Morgan fingerprint density at radius 3 is 2.50 bits per heavy atom. The number of aliphatic imine (C=N–C) groups is 1. The van der Waals surface area contributed by atoms with Crippen LogP contribution in [-0.4, -0.2) is 62.7 Å². The fourth-order valence-corrected chi connectivity index (χ4v) is 3.28. The first-order valence-corrected chi connectivity index (χ1v) is 11.4. The third-order valence-electron chi connectivity index (χ3n) is 5.44. The predicted octanol–water partition coefficient (Wildman–Crippen LogP) is 3.23. The molecule has 1 aromatic carbocycles. The van der Waals surface area contributed by atoms with E-state index in [2.05, 4.69) is 58.7 Å². The number of nitrogens with zero attached hydrogens (tertiary/aromatic N) is 4. The summed E-state index contributed by atoms with van der Waals surface area (Å²) >= 11 is 0. The monoisotopic (exact) mass is 442 g/mol. The molecule has 0 unspecified atom stereocenters. The van der Waals surface area contributed by atoms with Gasteiger partial charge in [0.15, 0.2) is 11.7 Å². The molecule has 2 N–H and O–H groups in total. The molecule has 0 radical (unpaired) electrons. The van der Waals surface area contributed by atoms with E-state index in [1.807, 2.05) is 24.3 Å². The van der Waals surface area contributed by atoms with Gasteiger partial charge < -0.3 is 25.0 Å². The molecule has 2 rings (SSSR count). The number of para-hydroxylation sites is 1. The second-order valence-electron chi connectivity index (χ2n) is 8.08. The molecule has 176 valence electrons. The molecule has 0 aliphatic rings. The summed E-state index contributed by atoms with van der Waals surface area (Å²) in [5.74, 6) is 1.70. The number of hydrogen-bond donors (Lipinski definition) is 2. The van der Waals surface area contributed by atoms with Crippen LogP contribution in [0.25, 0.3) is 0 Å². The van der Waals surface area contributed by atoms with Gasteiger partial charge in [-0.3, -0.25) is 4.79 Å². The van der Waals surface area contributed by atoms with E-state index in [1.165, 1.54) is 10.6 Å². The summed E-state index contributed by atoms with van der Waals surface area (Å²) in [5, 5.41) is 10.8. The summed E-state index contributed by atoms with van der Waals surface area (Å²) in [6, 6.07) is 12.3. The highest BCUT2D eigenvalue weighted by molar-refractivity contribution is 5.84. The molecule has 1 amide bonds. The molecule has 0 fully saturated rings. The van der Waals surface area contributed by atoms with Crippen LogP contribution in [0.5, 0.6) is 0 Å². The van der Waals surface area contributed by atoms with E-state index in [9.17, 15) is 4.79 Å². The van der Waals surface area contributed by atoms with Crippen molar-refractivity contribution >= 4 is 17.6 Å². The van der Waals surface area contributed by atoms with Crippen molar-refractivity contribution < 1.29 is 9.32 Å². The Hall–Kier alpha value is -3.03. The molecule has 1 aromatic heterocycles. The summed E-state index contributed by atoms with van der Waals surface area (Å²) in [6.07, 6.45) is 3.00. The molecule has 0 saturated heterocycles. The number of nitrogens with one attached hydrogen (secondary N) is 2. The van der Waals surface area contributed by atoms with Crippen LogP contribution in [0.3, 0.4) is 0 Å². The number of amides is 1. The lowest BCUT2D eigenvalue weighted by Crippen LogP contribution is -2.39. The Balaban J connectivity index is 1.89. The number of carbonyl (C=O) groups excluding carboxylic acids is 1. The lowest BCUT2D eigenvalue weighted by Gasteiger charge is -2.19. The van der Waals surface area contributed by atoms with Crippen LogP contribution in [0.4, 0.5) is 5.69 Å². The number of anilines is 1. The van der Waals surface area contributed by atoms with E-state index in [4.69, 9.17) is 4.52 Å². The van der Waals surface area contributed by atoms with Crippen LogP contribution < -0.4 is 15.5 Å². The van der Waals surface area contributed by atoms with Crippen LogP contribution >= 0.6 is 0 Å². The van der Waals surface area contributed by atoms with Crippen LogP contribution in [0, 0.1) is 0 Å². The highest BCUT2D eigenvalue weighted by Gasteiger charge is 2.13. The second kappa shape index (κ2) is 13.4. The SMILES string of the molecule is CCC(CC)c1cc(CNC(=NCC(=O)N(C)C)NCCCN(C)c2ccccc2)on1. The average Bonchev–Trinajstić information content (AvgIpc) is 3.27. The van der Waals surface area contributed by atoms with Gasteiger partial charge in [-0.1, -0.05) is 37.2 Å². The molecular weight excluding hydrogens is 404 g/mol. The van der Waals surface area contributed by atoms with Crippen molar-refractivity contribution in [2.24, 2.45) is 4.99 Å². The summed E-state index contributed by atoms with van der Waals surface area (Å²) < 4.78 is 5.49. The zero-order chi connectivity index (χ0) is 23.3. The predicted molar refractivity (Wildman–Crippen MR) is 130 cm³/mol. The fourth-order valence-electron chi connectivity index (χ4n) is 3.28. The molecule has 1 heterocycles. The van der Waals surface area contributed by atoms with Crippen LogP contribution in [-0.2, 0) is 11.3 Å². The highest BCUT2D eigenvalue weighted by atomic mass is 16.5. The van der Waals surface area contributed by atoms with Crippen LogP contribution in [0.2, 0.25) is 0 Å². The van der Waals surface area contributed by atoms with Crippen molar-refractivity contribution in [3.63, 3.8) is 0 Å². The van der Waals surface area contributed by atoms with E-state index in [-0.39, 0.29) is 12.5 Å². The van der Waals surface area contributed by atoms with E-state index in [0.717, 1.165) is 43.8 Å². The average molecular weight is 443 g/mol. The van der Waals surface area contributed by atoms with Crippen molar-refractivity contribution in [3.05, 3.63) is 47.9 Å². The maximum atomic E-state index is 12.0. The zero-order valence-electron chi connectivity index (χ0n) is 20.1. The smallest absolute Gasteiger partial charge is 0.243 e. The Morgan fingerprint density at radius 2 is 1.84 bits per heavy atom. The summed E-state index contributed by atoms with van der Waals surface area (Å²) in [4.78, 5) is 20.2. The van der Waals surface area contributed by atoms with E-state index >= 15 is 0 Å². The topological polar surface area (TPSA) is 86.0 Å². The lowest BCUT2D eigenvalue weighted by atomic mass is 9.99. The minimum atomic E-state index is -0.0504. The highest BCUT2D eigenvalue weighted by Crippen LogP contribution is 2.22. The Labute approximate surface area is 192 Å².